The van der Waals surface area contributed by atoms with Crippen LogP contribution in [0.5, 0.6) is 5.75 Å². The molecule has 1 amide bonds. The largest absolute Gasteiger partial charge is 0.494 e. The maximum Gasteiger partial charge on any atom is 0.331 e. The fourth-order valence-corrected chi connectivity index (χ4v) is 4.69. The van der Waals surface area contributed by atoms with Crippen LogP contribution in [0.3, 0.4) is 0 Å². The van der Waals surface area contributed by atoms with Crippen LogP contribution >= 0.6 is 0 Å². The SMILES string of the molecule is CCCCCCCCCCCCOc1ccc(/C=C/C(=O)OC2CCC(NC(=O)C(C)(C)CC)CC2)cc1. The predicted molar refractivity (Wildman–Crippen MR) is 157 cm³/mol. The van der Waals surface area contributed by atoms with Crippen molar-refractivity contribution < 1.29 is 19.1 Å². The van der Waals surface area contributed by atoms with Gasteiger partial charge in [-0.25, -0.2) is 4.79 Å². The van der Waals surface area contributed by atoms with Crippen molar-refractivity contribution in [1.29, 1.82) is 0 Å². The number of carbonyl (C=O) groups is 2. The van der Waals surface area contributed by atoms with Crippen molar-refractivity contribution in [1.82, 2.24) is 5.32 Å². The summed E-state index contributed by atoms with van der Waals surface area (Å²) < 4.78 is 11.5. The maximum absolute atomic E-state index is 12.4. The Bertz CT molecular complexity index is 822. The van der Waals surface area contributed by atoms with E-state index >= 15 is 0 Å². The first-order chi connectivity index (χ1) is 18.3. The molecule has 1 aromatic carbocycles. The lowest BCUT2D eigenvalue weighted by atomic mass is 9.87. The lowest BCUT2D eigenvalue weighted by Crippen LogP contribution is -2.45. The van der Waals surface area contributed by atoms with Crippen molar-refractivity contribution in [3.05, 3.63) is 35.9 Å². The first-order valence-corrected chi connectivity index (χ1v) is 15.3. The Balaban J connectivity index is 1.57. The molecule has 38 heavy (non-hydrogen) atoms. The predicted octanol–water partition coefficient (Wildman–Crippen LogP) is 8.41. The van der Waals surface area contributed by atoms with Crippen molar-refractivity contribution in [3.63, 3.8) is 0 Å². The molecule has 0 saturated heterocycles. The molecule has 1 saturated carbocycles. The summed E-state index contributed by atoms with van der Waals surface area (Å²) in [5.74, 6) is 0.663. The van der Waals surface area contributed by atoms with E-state index in [1.54, 1.807) is 6.08 Å². The molecule has 1 aromatic rings. The number of nitrogens with one attached hydrogen (secondary N) is 1. The van der Waals surface area contributed by atoms with Crippen LogP contribution in [-0.4, -0.2) is 30.6 Å². The summed E-state index contributed by atoms with van der Waals surface area (Å²) in [7, 11) is 0. The molecule has 0 spiro atoms. The fraction of sp³-hybridized carbons (Fsp3) is 0.697. The van der Waals surface area contributed by atoms with Gasteiger partial charge in [-0.15, -0.1) is 0 Å². The maximum atomic E-state index is 12.4. The van der Waals surface area contributed by atoms with Gasteiger partial charge in [0.15, 0.2) is 0 Å². The van der Waals surface area contributed by atoms with Gasteiger partial charge in [-0.1, -0.05) is 97.6 Å². The van der Waals surface area contributed by atoms with Crippen LogP contribution in [-0.2, 0) is 14.3 Å². The summed E-state index contributed by atoms with van der Waals surface area (Å²) in [6, 6.07) is 8.00. The summed E-state index contributed by atoms with van der Waals surface area (Å²) in [6.07, 6.45) is 20.4. The van der Waals surface area contributed by atoms with Gasteiger partial charge in [0.05, 0.1) is 6.61 Å². The quantitative estimate of drug-likeness (QED) is 0.118. The van der Waals surface area contributed by atoms with E-state index in [0.29, 0.717) is 0 Å². The van der Waals surface area contributed by atoms with E-state index in [1.807, 2.05) is 45.0 Å². The summed E-state index contributed by atoms with van der Waals surface area (Å²) in [6.45, 7) is 9.00. The van der Waals surface area contributed by atoms with Gasteiger partial charge in [0, 0.05) is 17.5 Å². The lowest BCUT2D eigenvalue weighted by molar-refractivity contribution is -0.145. The van der Waals surface area contributed by atoms with E-state index in [0.717, 1.165) is 56.4 Å². The first-order valence-electron chi connectivity index (χ1n) is 15.3. The third-order valence-corrected chi connectivity index (χ3v) is 7.85. The minimum atomic E-state index is -0.342. The minimum Gasteiger partial charge on any atom is -0.494 e. The molecule has 0 unspecified atom stereocenters. The van der Waals surface area contributed by atoms with Crippen molar-refractivity contribution in [3.8, 4) is 5.75 Å². The van der Waals surface area contributed by atoms with E-state index in [9.17, 15) is 9.59 Å². The normalized spacial score (nSPS) is 17.9. The third kappa shape index (κ3) is 13.0. The first kappa shape index (κ1) is 31.9. The molecule has 0 atom stereocenters. The Morgan fingerprint density at radius 1 is 0.868 bits per heavy atom. The van der Waals surface area contributed by atoms with Crippen LogP contribution in [0.2, 0.25) is 0 Å². The fourth-order valence-electron chi connectivity index (χ4n) is 4.69. The molecule has 2 rings (SSSR count). The molecule has 5 nitrogen and oxygen atoms in total. The molecule has 0 bridgehead atoms. The number of benzene rings is 1. The van der Waals surface area contributed by atoms with E-state index in [1.165, 1.54) is 63.9 Å². The average molecular weight is 528 g/mol. The van der Waals surface area contributed by atoms with Crippen molar-refractivity contribution >= 4 is 18.0 Å². The van der Waals surface area contributed by atoms with E-state index in [4.69, 9.17) is 9.47 Å². The number of amides is 1. The Morgan fingerprint density at radius 2 is 1.45 bits per heavy atom. The van der Waals surface area contributed by atoms with Crippen LogP contribution in [0.4, 0.5) is 0 Å². The average Bonchev–Trinajstić information content (AvgIpc) is 2.92. The minimum absolute atomic E-state index is 0.0824. The Labute approximate surface area is 232 Å². The molecule has 214 valence electrons. The molecule has 0 aliphatic heterocycles. The molecule has 1 aliphatic rings. The highest BCUT2D eigenvalue weighted by Crippen LogP contribution is 2.25. The zero-order valence-corrected chi connectivity index (χ0v) is 24.6. The zero-order chi connectivity index (χ0) is 27.6. The standard InChI is InChI=1S/C33H53NO4/c1-5-7-8-9-10-11-12-13-14-15-26-37-29-21-16-27(17-22-29)18-25-31(35)38-30-23-19-28(20-24-30)34-32(36)33(3,4)6-2/h16-18,21-22,25,28,30H,5-15,19-20,23-24,26H2,1-4H3,(H,34,36)/b25-18+. The summed E-state index contributed by atoms with van der Waals surface area (Å²) in [4.78, 5) is 24.7. The van der Waals surface area contributed by atoms with Crippen molar-refractivity contribution in [2.75, 3.05) is 6.61 Å². The van der Waals surface area contributed by atoms with Gasteiger partial charge >= 0.3 is 5.97 Å². The van der Waals surface area contributed by atoms with Crippen LogP contribution < -0.4 is 10.1 Å². The van der Waals surface area contributed by atoms with Gasteiger partial charge in [0.25, 0.3) is 0 Å². The highest BCUT2D eigenvalue weighted by atomic mass is 16.5. The van der Waals surface area contributed by atoms with Crippen molar-refractivity contribution in [2.45, 2.75) is 136 Å². The Hall–Kier alpha value is -2.30. The molecule has 1 aliphatic carbocycles. The lowest BCUT2D eigenvalue weighted by Gasteiger charge is -2.31. The Morgan fingerprint density at radius 3 is 2.03 bits per heavy atom. The smallest absolute Gasteiger partial charge is 0.331 e. The monoisotopic (exact) mass is 527 g/mol. The number of ether oxygens (including phenoxy) is 2. The second-order valence-electron chi connectivity index (χ2n) is 11.6. The summed E-state index contributed by atoms with van der Waals surface area (Å²) >= 11 is 0. The highest BCUT2D eigenvalue weighted by Gasteiger charge is 2.30. The zero-order valence-electron chi connectivity index (χ0n) is 24.6. The highest BCUT2D eigenvalue weighted by molar-refractivity contribution is 5.87. The second kappa shape index (κ2) is 18.1. The van der Waals surface area contributed by atoms with E-state index < -0.39 is 0 Å². The number of unbranched alkanes of at least 4 members (excludes halogenated alkanes) is 9. The van der Waals surface area contributed by atoms with Crippen LogP contribution in [0.15, 0.2) is 30.3 Å². The Kier molecular flexibility index (Phi) is 15.2. The molecule has 0 heterocycles. The number of rotatable bonds is 18. The van der Waals surface area contributed by atoms with Gasteiger partial charge in [-0.05, 0) is 62.3 Å². The van der Waals surface area contributed by atoms with Crippen LogP contribution in [0.1, 0.15) is 130 Å². The number of esters is 1. The van der Waals surface area contributed by atoms with Crippen LogP contribution in [0, 0.1) is 5.41 Å². The number of hydrogen-bond donors (Lipinski definition) is 1. The van der Waals surface area contributed by atoms with Gasteiger partial charge in [-0.3, -0.25) is 4.79 Å². The van der Waals surface area contributed by atoms with E-state index in [-0.39, 0.29) is 29.4 Å². The van der Waals surface area contributed by atoms with Gasteiger partial charge in [0.2, 0.25) is 5.91 Å². The molecule has 5 heteroatoms. The van der Waals surface area contributed by atoms with E-state index in [2.05, 4.69) is 12.2 Å². The number of hydrogen-bond acceptors (Lipinski definition) is 4. The van der Waals surface area contributed by atoms with Gasteiger partial charge < -0.3 is 14.8 Å². The topological polar surface area (TPSA) is 64.6 Å². The second-order valence-corrected chi connectivity index (χ2v) is 11.6. The molecule has 0 aromatic heterocycles. The summed E-state index contributed by atoms with van der Waals surface area (Å²) in [5, 5.41) is 3.16. The third-order valence-electron chi connectivity index (χ3n) is 7.85. The molecule has 1 fully saturated rings. The van der Waals surface area contributed by atoms with Gasteiger partial charge in [-0.2, -0.15) is 0 Å². The molecule has 0 radical (unpaired) electrons. The molecule has 1 N–H and O–H groups in total. The molecular formula is C33H53NO4. The van der Waals surface area contributed by atoms with Gasteiger partial charge in [0.1, 0.15) is 11.9 Å². The van der Waals surface area contributed by atoms with Crippen LogP contribution in [0.25, 0.3) is 6.08 Å². The summed E-state index contributed by atoms with van der Waals surface area (Å²) in [5.41, 5.74) is 0.601. The van der Waals surface area contributed by atoms with Crippen molar-refractivity contribution in [2.24, 2.45) is 5.41 Å². The number of carbonyl (C=O) groups excluding carboxylic acids is 2. The molecular weight excluding hydrogens is 474 g/mol.